The summed E-state index contributed by atoms with van der Waals surface area (Å²) >= 11 is 7.23. The number of amides is 1. The topological polar surface area (TPSA) is 55.1 Å². The van der Waals surface area contributed by atoms with Crippen molar-refractivity contribution in [1.82, 2.24) is 5.32 Å². The van der Waals surface area contributed by atoms with Crippen molar-refractivity contribution in [1.29, 1.82) is 0 Å². The molecule has 2 unspecified atom stereocenters. The molecule has 1 aliphatic rings. The number of nitrogens with two attached hydrogens (primary N) is 1. The quantitative estimate of drug-likeness (QED) is 0.836. The normalized spacial score (nSPS) is 25.5. The first-order valence-electron chi connectivity index (χ1n) is 4.98. The van der Waals surface area contributed by atoms with Crippen molar-refractivity contribution in [3.63, 3.8) is 0 Å². The van der Waals surface area contributed by atoms with E-state index in [1.807, 2.05) is 5.38 Å². The molecule has 3 nitrogen and oxygen atoms in total. The Morgan fingerprint density at radius 1 is 1.60 bits per heavy atom. The Morgan fingerprint density at radius 3 is 2.93 bits per heavy atom. The molecule has 5 heteroatoms. The largest absolute Gasteiger partial charge is 0.347 e. The molecule has 1 amide bonds. The summed E-state index contributed by atoms with van der Waals surface area (Å²) in [6.45, 7) is 0. The van der Waals surface area contributed by atoms with Crippen molar-refractivity contribution < 1.29 is 4.79 Å². The Balaban J connectivity index is 2.01. The molecular formula is C10H13ClN2OS. The van der Waals surface area contributed by atoms with E-state index in [2.05, 4.69) is 5.32 Å². The molecule has 1 aromatic heterocycles. The van der Waals surface area contributed by atoms with Gasteiger partial charge in [-0.1, -0.05) is 11.6 Å². The first kappa shape index (κ1) is 10.9. The minimum atomic E-state index is -0.0997. The molecule has 3 N–H and O–H groups in total. The maximum Gasteiger partial charge on any atom is 0.263 e. The smallest absolute Gasteiger partial charge is 0.263 e. The van der Waals surface area contributed by atoms with Crippen LogP contribution in [0, 0.1) is 0 Å². The third-order valence-electron chi connectivity index (χ3n) is 2.71. The summed E-state index contributed by atoms with van der Waals surface area (Å²) in [7, 11) is 0. The van der Waals surface area contributed by atoms with E-state index < -0.39 is 0 Å². The fraction of sp³-hybridized carbons (Fsp3) is 0.500. The average molecular weight is 245 g/mol. The first-order chi connectivity index (χ1) is 7.18. The van der Waals surface area contributed by atoms with Crippen LogP contribution in [0.25, 0.3) is 0 Å². The van der Waals surface area contributed by atoms with Gasteiger partial charge in [0.1, 0.15) is 4.88 Å². The zero-order valence-electron chi connectivity index (χ0n) is 8.20. The van der Waals surface area contributed by atoms with Crippen molar-refractivity contribution in [3.05, 3.63) is 21.3 Å². The predicted molar refractivity (Wildman–Crippen MR) is 62.4 cm³/mol. The van der Waals surface area contributed by atoms with Crippen molar-refractivity contribution in [2.75, 3.05) is 0 Å². The van der Waals surface area contributed by atoms with E-state index >= 15 is 0 Å². The van der Waals surface area contributed by atoms with Crippen molar-refractivity contribution in [2.24, 2.45) is 5.73 Å². The number of rotatable bonds is 2. The van der Waals surface area contributed by atoms with E-state index in [0.717, 1.165) is 19.3 Å². The second kappa shape index (κ2) is 4.51. The van der Waals surface area contributed by atoms with Crippen LogP contribution in [-0.2, 0) is 0 Å². The van der Waals surface area contributed by atoms with E-state index in [1.165, 1.54) is 11.3 Å². The zero-order chi connectivity index (χ0) is 10.8. The molecule has 82 valence electrons. The molecule has 15 heavy (non-hydrogen) atoms. The average Bonchev–Trinajstić information content (AvgIpc) is 2.76. The van der Waals surface area contributed by atoms with Gasteiger partial charge >= 0.3 is 0 Å². The van der Waals surface area contributed by atoms with Gasteiger partial charge in [-0.05, 0) is 30.7 Å². The number of carbonyl (C=O) groups is 1. The van der Waals surface area contributed by atoms with Gasteiger partial charge in [-0.25, -0.2) is 0 Å². The number of hydrogen-bond acceptors (Lipinski definition) is 3. The van der Waals surface area contributed by atoms with E-state index in [-0.39, 0.29) is 18.0 Å². The van der Waals surface area contributed by atoms with Crippen LogP contribution in [0.15, 0.2) is 11.4 Å². The third kappa shape index (κ3) is 2.33. The lowest BCUT2D eigenvalue weighted by molar-refractivity contribution is 0.0939. The molecule has 0 spiro atoms. The molecule has 1 heterocycles. The summed E-state index contributed by atoms with van der Waals surface area (Å²) in [5, 5.41) is 5.26. The summed E-state index contributed by atoms with van der Waals surface area (Å²) in [4.78, 5) is 12.4. The minimum Gasteiger partial charge on any atom is -0.347 e. The highest BCUT2D eigenvalue weighted by molar-refractivity contribution is 7.12. The van der Waals surface area contributed by atoms with Crippen LogP contribution in [0.2, 0.25) is 5.02 Å². The van der Waals surface area contributed by atoms with Crippen molar-refractivity contribution in [3.8, 4) is 0 Å². The Bertz CT molecular complexity index is 366. The van der Waals surface area contributed by atoms with Crippen LogP contribution in [0.3, 0.4) is 0 Å². The van der Waals surface area contributed by atoms with Crippen LogP contribution in [0.5, 0.6) is 0 Å². The number of thiophene rings is 1. The molecule has 0 bridgehead atoms. The molecule has 1 aromatic rings. The second-order valence-corrected chi connectivity index (χ2v) is 5.10. The Hall–Kier alpha value is -0.580. The van der Waals surface area contributed by atoms with E-state index in [4.69, 9.17) is 17.3 Å². The fourth-order valence-electron chi connectivity index (χ4n) is 1.86. The van der Waals surface area contributed by atoms with Crippen LogP contribution in [0.1, 0.15) is 28.9 Å². The van der Waals surface area contributed by atoms with Gasteiger partial charge in [0.2, 0.25) is 0 Å². The molecule has 0 aromatic carbocycles. The van der Waals surface area contributed by atoms with Gasteiger partial charge in [0.05, 0.1) is 5.02 Å². The van der Waals surface area contributed by atoms with E-state index in [9.17, 15) is 4.79 Å². The molecule has 2 rings (SSSR count). The minimum absolute atomic E-state index is 0.0905. The van der Waals surface area contributed by atoms with Crippen LogP contribution in [0.4, 0.5) is 0 Å². The molecular weight excluding hydrogens is 232 g/mol. The lowest BCUT2D eigenvalue weighted by Gasteiger charge is -2.16. The van der Waals surface area contributed by atoms with Gasteiger partial charge in [0.15, 0.2) is 0 Å². The van der Waals surface area contributed by atoms with Gasteiger partial charge < -0.3 is 11.1 Å². The molecule has 0 aliphatic heterocycles. The fourth-order valence-corrected chi connectivity index (χ4v) is 2.90. The lowest BCUT2D eigenvalue weighted by Crippen LogP contribution is -2.43. The lowest BCUT2D eigenvalue weighted by atomic mass is 10.2. The number of carbonyl (C=O) groups excluding carboxylic acids is 1. The maximum atomic E-state index is 11.8. The Morgan fingerprint density at radius 2 is 2.40 bits per heavy atom. The third-order valence-corrected chi connectivity index (χ3v) is 4.05. The molecule has 2 atom stereocenters. The summed E-state index contributed by atoms with van der Waals surface area (Å²) in [5.74, 6) is -0.0997. The highest BCUT2D eigenvalue weighted by Crippen LogP contribution is 2.23. The zero-order valence-corrected chi connectivity index (χ0v) is 9.77. The second-order valence-electron chi connectivity index (χ2n) is 3.77. The van der Waals surface area contributed by atoms with E-state index in [0.29, 0.717) is 9.90 Å². The molecule has 1 saturated carbocycles. The summed E-state index contributed by atoms with van der Waals surface area (Å²) < 4.78 is 0. The van der Waals surface area contributed by atoms with Crippen molar-refractivity contribution in [2.45, 2.75) is 31.3 Å². The summed E-state index contributed by atoms with van der Waals surface area (Å²) in [6.07, 6.45) is 3.04. The van der Waals surface area contributed by atoms with Gasteiger partial charge in [0.25, 0.3) is 5.91 Å². The number of halogens is 1. The molecule has 0 saturated heterocycles. The SMILES string of the molecule is NC1CCCC1NC(=O)c1sccc1Cl. The van der Waals surface area contributed by atoms with Crippen molar-refractivity contribution >= 4 is 28.8 Å². The Labute approximate surface area is 97.6 Å². The van der Waals surface area contributed by atoms with Gasteiger partial charge in [0, 0.05) is 12.1 Å². The first-order valence-corrected chi connectivity index (χ1v) is 6.23. The molecule has 1 aliphatic carbocycles. The van der Waals surface area contributed by atoms with Crippen LogP contribution >= 0.6 is 22.9 Å². The maximum absolute atomic E-state index is 11.8. The van der Waals surface area contributed by atoms with E-state index in [1.54, 1.807) is 6.07 Å². The number of hydrogen-bond donors (Lipinski definition) is 2. The molecule has 0 radical (unpaired) electrons. The molecule has 1 fully saturated rings. The predicted octanol–water partition coefficient (Wildman–Crippen LogP) is 2.01. The number of nitrogens with one attached hydrogen (secondary N) is 1. The highest BCUT2D eigenvalue weighted by Gasteiger charge is 2.26. The van der Waals surface area contributed by atoms with Crippen LogP contribution < -0.4 is 11.1 Å². The monoisotopic (exact) mass is 244 g/mol. The van der Waals surface area contributed by atoms with Crippen LogP contribution in [-0.4, -0.2) is 18.0 Å². The van der Waals surface area contributed by atoms with Gasteiger partial charge in [-0.2, -0.15) is 0 Å². The standard InChI is InChI=1S/C10H13ClN2OS/c11-6-4-5-15-9(6)10(14)13-8-3-1-2-7(8)12/h4-5,7-8H,1-3,12H2,(H,13,14). The summed E-state index contributed by atoms with van der Waals surface area (Å²) in [5.41, 5.74) is 5.87. The van der Waals surface area contributed by atoms with Gasteiger partial charge in [-0.3, -0.25) is 4.79 Å². The van der Waals surface area contributed by atoms with Gasteiger partial charge in [-0.15, -0.1) is 11.3 Å². The highest BCUT2D eigenvalue weighted by atomic mass is 35.5. The Kier molecular flexibility index (Phi) is 3.29. The summed E-state index contributed by atoms with van der Waals surface area (Å²) in [6, 6.07) is 1.93.